The standard InChI is InChI=1S/C20H20N2O3/c1-21-19(24)17(14-16-10-6-3-7-11-16)22-20(25)18(23)13-12-15-8-4-2-5-9-15/h2-13,17H,14H2,1H3,(H,21,24)(H,22,25)/b13-12+. The molecular formula is C20H20N2O3. The van der Waals surface area contributed by atoms with E-state index in [1.165, 1.54) is 13.1 Å². The zero-order valence-corrected chi connectivity index (χ0v) is 13.9. The van der Waals surface area contributed by atoms with Crippen LogP contribution < -0.4 is 10.6 Å². The lowest BCUT2D eigenvalue weighted by Gasteiger charge is -2.16. The molecule has 0 fully saturated rings. The molecule has 1 unspecified atom stereocenters. The van der Waals surface area contributed by atoms with Crippen molar-refractivity contribution in [1.29, 1.82) is 0 Å². The number of hydrogen-bond donors (Lipinski definition) is 2. The third kappa shape index (κ3) is 5.73. The van der Waals surface area contributed by atoms with Crippen molar-refractivity contribution in [2.24, 2.45) is 0 Å². The van der Waals surface area contributed by atoms with Crippen molar-refractivity contribution in [3.05, 3.63) is 77.9 Å². The minimum atomic E-state index is -0.811. The Morgan fingerprint density at radius 2 is 1.56 bits per heavy atom. The Morgan fingerprint density at radius 3 is 2.16 bits per heavy atom. The minimum absolute atomic E-state index is 0.307. The van der Waals surface area contributed by atoms with Crippen molar-refractivity contribution >= 4 is 23.7 Å². The van der Waals surface area contributed by atoms with Gasteiger partial charge in [0.1, 0.15) is 6.04 Å². The Hall–Kier alpha value is -3.21. The van der Waals surface area contributed by atoms with E-state index in [4.69, 9.17) is 0 Å². The molecule has 0 saturated heterocycles. The summed E-state index contributed by atoms with van der Waals surface area (Å²) in [5.74, 6) is -1.86. The lowest BCUT2D eigenvalue weighted by atomic mass is 10.0. The van der Waals surface area contributed by atoms with Gasteiger partial charge in [0.15, 0.2) is 0 Å². The molecule has 2 aromatic carbocycles. The molecule has 0 heterocycles. The lowest BCUT2D eigenvalue weighted by Crippen LogP contribution is -2.48. The second-order valence-electron chi connectivity index (χ2n) is 5.44. The molecular weight excluding hydrogens is 316 g/mol. The van der Waals surface area contributed by atoms with Gasteiger partial charge in [-0.25, -0.2) is 0 Å². The molecule has 25 heavy (non-hydrogen) atoms. The SMILES string of the molecule is CNC(=O)C(Cc1ccccc1)NC(=O)C(=O)/C=C/c1ccccc1. The molecule has 0 aliphatic carbocycles. The van der Waals surface area contributed by atoms with Crippen molar-refractivity contribution in [1.82, 2.24) is 10.6 Å². The van der Waals surface area contributed by atoms with E-state index in [2.05, 4.69) is 10.6 Å². The Kier molecular flexibility index (Phi) is 6.65. The maximum atomic E-state index is 12.1. The summed E-state index contributed by atoms with van der Waals surface area (Å²) in [6.07, 6.45) is 3.07. The molecule has 2 rings (SSSR count). The van der Waals surface area contributed by atoms with E-state index in [0.717, 1.165) is 11.1 Å². The smallest absolute Gasteiger partial charge is 0.292 e. The van der Waals surface area contributed by atoms with E-state index >= 15 is 0 Å². The molecule has 5 nitrogen and oxygen atoms in total. The van der Waals surface area contributed by atoms with Crippen molar-refractivity contribution in [2.45, 2.75) is 12.5 Å². The van der Waals surface area contributed by atoms with Crippen LogP contribution in [0.15, 0.2) is 66.7 Å². The van der Waals surface area contributed by atoms with Gasteiger partial charge in [0.05, 0.1) is 0 Å². The second kappa shape index (κ2) is 9.17. The summed E-state index contributed by atoms with van der Waals surface area (Å²) < 4.78 is 0. The van der Waals surface area contributed by atoms with E-state index in [0.29, 0.717) is 6.42 Å². The van der Waals surface area contributed by atoms with Crippen molar-refractivity contribution in [3.63, 3.8) is 0 Å². The van der Waals surface area contributed by atoms with Gasteiger partial charge >= 0.3 is 0 Å². The van der Waals surface area contributed by atoms with Crippen LogP contribution in [0.4, 0.5) is 0 Å². The van der Waals surface area contributed by atoms with Gasteiger partial charge in [0, 0.05) is 13.5 Å². The highest BCUT2D eigenvalue weighted by atomic mass is 16.2. The number of benzene rings is 2. The fourth-order valence-corrected chi connectivity index (χ4v) is 2.27. The van der Waals surface area contributed by atoms with E-state index < -0.39 is 17.7 Å². The fourth-order valence-electron chi connectivity index (χ4n) is 2.27. The van der Waals surface area contributed by atoms with Crippen molar-refractivity contribution in [2.75, 3.05) is 7.05 Å². The average Bonchev–Trinajstić information content (AvgIpc) is 2.66. The van der Waals surface area contributed by atoms with E-state index in [-0.39, 0.29) is 5.91 Å². The number of ketones is 1. The first kappa shape index (κ1) is 18.1. The quantitative estimate of drug-likeness (QED) is 0.597. The molecule has 2 N–H and O–H groups in total. The average molecular weight is 336 g/mol. The molecule has 0 aromatic heterocycles. The van der Waals surface area contributed by atoms with E-state index in [9.17, 15) is 14.4 Å². The predicted octanol–water partition coefficient (Wildman–Crippen LogP) is 1.74. The molecule has 1 atom stereocenters. The van der Waals surface area contributed by atoms with E-state index in [1.807, 2.05) is 60.7 Å². The van der Waals surface area contributed by atoms with Crippen molar-refractivity contribution in [3.8, 4) is 0 Å². The predicted molar refractivity (Wildman–Crippen MR) is 96.6 cm³/mol. The molecule has 0 aliphatic heterocycles. The first-order valence-electron chi connectivity index (χ1n) is 7.93. The molecule has 2 aromatic rings. The summed E-state index contributed by atoms with van der Waals surface area (Å²) in [7, 11) is 1.49. The van der Waals surface area contributed by atoms with Crippen LogP contribution in [0, 0.1) is 0 Å². The van der Waals surface area contributed by atoms with Gasteiger partial charge in [0.25, 0.3) is 5.91 Å². The number of amides is 2. The van der Waals surface area contributed by atoms with Crippen LogP contribution in [0.1, 0.15) is 11.1 Å². The van der Waals surface area contributed by atoms with Crippen LogP contribution in [-0.4, -0.2) is 30.7 Å². The summed E-state index contributed by atoms with van der Waals surface area (Å²) in [6.45, 7) is 0. The summed E-state index contributed by atoms with van der Waals surface area (Å²) >= 11 is 0. The third-order valence-corrected chi connectivity index (χ3v) is 3.60. The van der Waals surface area contributed by atoms with Crippen LogP contribution in [0.5, 0.6) is 0 Å². The van der Waals surface area contributed by atoms with Gasteiger partial charge in [0.2, 0.25) is 11.7 Å². The Balaban J connectivity index is 2.02. The van der Waals surface area contributed by atoms with Crippen LogP contribution in [0.3, 0.4) is 0 Å². The Bertz CT molecular complexity index is 755. The minimum Gasteiger partial charge on any atom is -0.357 e. The van der Waals surface area contributed by atoms with Crippen LogP contribution in [-0.2, 0) is 20.8 Å². The first-order valence-corrected chi connectivity index (χ1v) is 7.93. The molecule has 0 radical (unpaired) electrons. The normalized spacial score (nSPS) is 11.7. The Labute approximate surface area is 146 Å². The van der Waals surface area contributed by atoms with Gasteiger partial charge in [-0.2, -0.15) is 0 Å². The molecule has 0 bridgehead atoms. The van der Waals surface area contributed by atoms with Gasteiger partial charge in [-0.3, -0.25) is 14.4 Å². The maximum Gasteiger partial charge on any atom is 0.292 e. The number of rotatable bonds is 7. The number of carbonyl (C=O) groups is 3. The summed E-state index contributed by atoms with van der Waals surface area (Å²) in [5, 5.41) is 5.00. The van der Waals surface area contributed by atoms with Gasteiger partial charge in [-0.1, -0.05) is 66.7 Å². The highest BCUT2D eigenvalue weighted by molar-refractivity contribution is 6.41. The zero-order valence-electron chi connectivity index (χ0n) is 13.9. The summed E-state index contributed by atoms with van der Waals surface area (Å²) in [4.78, 5) is 36.1. The highest BCUT2D eigenvalue weighted by Crippen LogP contribution is 2.04. The monoisotopic (exact) mass is 336 g/mol. The molecule has 2 amide bonds. The fraction of sp³-hybridized carbons (Fsp3) is 0.150. The topological polar surface area (TPSA) is 75.3 Å². The Morgan fingerprint density at radius 1 is 0.960 bits per heavy atom. The molecule has 128 valence electrons. The van der Waals surface area contributed by atoms with Crippen molar-refractivity contribution < 1.29 is 14.4 Å². The highest BCUT2D eigenvalue weighted by Gasteiger charge is 2.22. The number of hydrogen-bond acceptors (Lipinski definition) is 3. The third-order valence-electron chi connectivity index (χ3n) is 3.60. The van der Waals surface area contributed by atoms with Gasteiger partial charge < -0.3 is 10.6 Å². The van der Waals surface area contributed by atoms with E-state index in [1.54, 1.807) is 6.08 Å². The maximum absolute atomic E-state index is 12.1. The number of nitrogens with one attached hydrogen (secondary N) is 2. The molecule has 0 saturated carbocycles. The number of likely N-dealkylation sites (N-methyl/N-ethyl adjacent to an activating group) is 1. The number of carbonyl (C=O) groups excluding carboxylic acids is 3. The largest absolute Gasteiger partial charge is 0.357 e. The molecule has 0 spiro atoms. The van der Waals surface area contributed by atoms with Crippen LogP contribution in [0.25, 0.3) is 6.08 Å². The van der Waals surface area contributed by atoms with Gasteiger partial charge in [-0.15, -0.1) is 0 Å². The van der Waals surface area contributed by atoms with Crippen LogP contribution >= 0.6 is 0 Å². The zero-order chi connectivity index (χ0) is 18.1. The second-order valence-corrected chi connectivity index (χ2v) is 5.44. The lowest BCUT2D eigenvalue weighted by molar-refractivity contribution is -0.137. The molecule has 5 heteroatoms. The van der Waals surface area contributed by atoms with Crippen LogP contribution in [0.2, 0.25) is 0 Å². The molecule has 0 aliphatic rings. The first-order chi connectivity index (χ1) is 12.1. The summed E-state index contributed by atoms with van der Waals surface area (Å²) in [6, 6.07) is 17.7. The summed E-state index contributed by atoms with van der Waals surface area (Å²) in [5.41, 5.74) is 1.71. The van der Waals surface area contributed by atoms with Gasteiger partial charge in [-0.05, 0) is 17.2 Å².